The molecular formula is C25H23F4NO5S2. The van der Waals surface area contributed by atoms with Crippen LogP contribution in [-0.2, 0) is 15.8 Å². The number of thioether (sulfide) groups is 1. The van der Waals surface area contributed by atoms with E-state index >= 15 is 0 Å². The van der Waals surface area contributed by atoms with Crippen molar-refractivity contribution in [3.63, 3.8) is 0 Å². The zero-order valence-electron chi connectivity index (χ0n) is 19.9. The van der Waals surface area contributed by atoms with Crippen LogP contribution in [0.2, 0.25) is 0 Å². The summed E-state index contributed by atoms with van der Waals surface area (Å²) in [5.74, 6) is -1.77. The van der Waals surface area contributed by atoms with Crippen LogP contribution in [0.4, 0.5) is 17.6 Å². The van der Waals surface area contributed by atoms with Gasteiger partial charge in [0, 0.05) is 24.1 Å². The average Bonchev–Trinajstić information content (AvgIpc) is 3.09. The zero-order valence-corrected chi connectivity index (χ0v) is 21.5. The van der Waals surface area contributed by atoms with Gasteiger partial charge in [-0.2, -0.15) is 13.2 Å². The van der Waals surface area contributed by atoms with Crippen molar-refractivity contribution in [2.45, 2.75) is 31.9 Å². The molecule has 1 N–H and O–H groups in total. The molecule has 3 rings (SSSR count). The minimum Gasteiger partial charge on any atom is -0.493 e. The average molecular weight is 558 g/mol. The number of alkyl halides is 3. The Morgan fingerprint density at radius 2 is 1.86 bits per heavy atom. The molecule has 2 aromatic carbocycles. The Hall–Kier alpha value is -3.12. The zero-order chi connectivity index (χ0) is 27.3. The van der Waals surface area contributed by atoms with E-state index in [0.717, 1.165) is 17.8 Å². The van der Waals surface area contributed by atoms with Gasteiger partial charge in [-0.15, -0.1) is 0 Å². The Morgan fingerprint density at radius 1 is 1.14 bits per heavy atom. The van der Waals surface area contributed by atoms with E-state index < -0.39 is 23.5 Å². The highest BCUT2D eigenvalue weighted by Crippen LogP contribution is 2.42. The Morgan fingerprint density at radius 3 is 2.49 bits per heavy atom. The molecule has 37 heavy (non-hydrogen) atoms. The van der Waals surface area contributed by atoms with Crippen molar-refractivity contribution in [1.29, 1.82) is 0 Å². The lowest BCUT2D eigenvalue weighted by molar-refractivity contribution is -0.138. The second kappa shape index (κ2) is 12.0. The van der Waals surface area contributed by atoms with Crippen molar-refractivity contribution in [2.24, 2.45) is 0 Å². The van der Waals surface area contributed by atoms with Crippen LogP contribution in [0.25, 0.3) is 17.2 Å². The van der Waals surface area contributed by atoms with E-state index in [9.17, 15) is 27.2 Å². The van der Waals surface area contributed by atoms with E-state index in [1.54, 1.807) is 0 Å². The van der Waals surface area contributed by atoms with Gasteiger partial charge in [0.1, 0.15) is 10.1 Å². The van der Waals surface area contributed by atoms with Crippen molar-refractivity contribution in [2.75, 3.05) is 20.8 Å². The first-order chi connectivity index (χ1) is 17.5. The van der Waals surface area contributed by atoms with Crippen molar-refractivity contribution < 1.29 is 41.7 Å². The van der Waals surface area contributed by atoms with Gasteiger partial charge < -0.3 is 14.6 Å². The largest absolute Gasteiger partial charge is 0.493 e. The molecule has 1 fully saturated rings. The van der Waals surface area contributed by atoms with Gasteiger partial charge in [-0.05, 0) is 54.8 Å². The molecule has 1 aliphatic rings. The molecule has 2 aromatic rings. The van der Waals surface area contributed by atoms with Crippen LogP contribution < -0.4 is 9.47 Å². The van der Waals surface area contributed by atoms with Crippen LogP contribution >= 0.6 is 24.0 Å². The first kappa shape index (κ1) is 28.5. The summed E-state index contributed by atoms with van der Waals surface area (Å²) in [4.78, 5) is 25.3. The maximum absolute atomic E-state index is 14.6. The van der Waals surface area contributed by atoms with Crippen molar-refractivity contribution in [3.05, 3.63) is 52.2 Å². The number of carboxylic acid groups (broad SMARTS) is 1. The molecule has 0 aliphatic carbocycles. The number of nitrogens with zero attached hydrogens (tertiary/aromatic N) is 1. The summed E-state index contributed by atoms with van der Waals surface area (Å²) < 4.78 is 65.4. The fraction of sp³-hybridized carbons (Fsp3) is 0.320. The van der Waals surface area contributed by atoms with Gasteiger partial charge in [0.2, 0.25) is 0 Å². The standard InChI is InChI=1S/C25H23F4NO5S2/c1-34-19-11-14(17-13-16(25(27,28)29)7-8-18(17)26)10-15(22(19)35-2)12-20-23(33)30(24(36)37-20)9-5-3-4-6-21(31)32/h7-8,10-13H,3-6,9H2,1-2H3,(H,31,32)/b20-12-. The first-order valence-electron chi connectivity index (χ1n) is 11.1. The van der Waals surface area contributed by atoms with Crippen molar-refractivity contribution >= 4 is 46.3 Å². The Kier molecular flexibility index (Phi) is 9.19. The molecule has 0 aromatic heterocycles. The Labute approximate surface area is 220 Å². The third kappa shape index (κ3) is 6.80. The number of methoxy groups -OCH3 is 2. The number of amides is 1. The lowest BCUT2D eigenvalue weighted by Crippen LogP contribution is -2.29. The number of ether oxygens (including phenoxy) is 2. The number of rotatable bonds is 10. The van der Waals surface area contributed by atoms with E-state index in [1.165, 1.54) is 37.3 Å². The maximum atomic E-state index is 14.6. The lowest BCUT2D eigenvalue weighted by Gasteiger charge is -2.16. The molecule has 1 aliphatic heterocycles. The van der Waals surface area contributed by atoms with Gasteiger partial charge in [-0.25, -0.2) is 4.39 Å². The SMILES string of the molecule is COc1cc(-c2cc(C(F)(F)F)ccc2F)cc(/C=C2\SC(=S)N(CCCCCC(=O)O)C2=O)c1OC. The van der Waals surface area contributed by atoms with Crippen molar-refractivity contribution in [1.82, 2.24) is 4.90 Å². The Bertz CT molecular complexity index is 1250. The van der Waals surface area contributed by atoms with Gasteiger partial charge in [-0.3, -0.25) is 14.5 Å². The molecule has 0 spiro atoms. The Balaban J connectivity index is 1.96. The monoisotopic (exact) mass is 557 g/mol. The summed E-state index contributed by atoms with van der Waals surface area (Å²) in [6.07, 6.45) is -1.49. The van der Waals surface area contributed by atoms with Gasteiger partial charge in [0.05, 0.1) is 24.7 Å². The number of benzene rings is 2. The topological polar surface area (TPSA) is 76.1 Å². The molecule has 0 atom stereocenters. The third-order valence-corrected chi connectivity index (χ3v) is 6.92. The van der Waals surface area contributed by atoms with Crippen LogP contribution in [0.5, 0.6) is 11.5 Å². The summed E-state index contributed by atoms with van der Waals surface area (Å²) in [6, 6.07) is 4.89. The minimum atomic E-state index is -4.66. The van der Waals surface area contributed by atoms with Crippen LogP contribution in [0.15, 0.2) is 35.2 Å². The van der Waals surface area contributed by atoms with E-state index in [1.807, 2.05) is 0 Å². The summed E-state index contributed by atoms with van der Waals surface area (Å²) in [6.45, 7) is 0.317. The van der Waals surface area contributed by atoms with Crippen LogP contribution in [-0.4, -0.2) is 47.0 Å². The molecule has 1 amide bonds. The summed E-state index contributed by atoms with van der Waals surface area (Å²) in [7, 11) is 2.69. The molecule has 1 saturated heterocycles. The second-order valence-electron chi connectivity index (χ2n) is 8.03. The lowest BCUT2D eigenvalue weighted by atomic mass is 9.98. The molecule has 0 bridgehead atoms. The molecule has 0 unspecified atom stereocenters. The predicted octanol–water partition coefficient (Wildman–Crippen LogP) is 6.37. The fourth-order valence-corrected chi connectivity index (χ4v) is 5.04. The number of carbonyl (C=O) groups excluding carboxylic acids is 1. The van der Waals surface area contributed by atoms with Crippen LogP contribution in [0.3, 0.4) is 0 Å². The van der Waals surface area contributed by atoms with Gasteiger partial charge in [0.15, 0.2) is 11.5 Å². The summed E-state index contributed by atoms with van der Waals surface area (Å²) in [5, 5.41) is 8.73. The smallest absolute Gasteiger partial charge is 0.416 e. The van der Waals surface area contributed by atoms with Gasteiger partial charge in [0.25, 0.3) is 5.91 Å². The number of carbonyl (C=O) groups is 2. The fourth-order valence-electron chi connectivity index (χ4n) is 3.74. The number of unbranched alkanes of at least 4 members (excludes halogenated alkanes) is 2. The molecule has 12 heteroatoms. The number of aliphatic carboxylic acids is 1. The first-order valence-corrected chi connectivity index (χ1v) is 12.3. The summed E-state index contributed by atoms with van der Waals surface area (Å²) >= 11 is 6.37. The van der Waals surface area contributed by atoms with Crippen LogP contribution in [0, 0.1) is 5.82 Å². The predicted molar refractivity (Wildman–Crippen MR) is 136 cm³/mol. The quantitative estimate of drug-likeness (QED) is 0.157. The highest BCUT2D eigenvalue weighted by Gasteiger charge is 2.33. The molecule has 198 valence electrons. The number of carboxylic acids is 1. The highest BCUT2D eigenvalue weighted by atomic mass is 32.2. The van der Waals surface area contributed by atoms with E-state index in [2.05, 4.69) is 0 Å². The van der Waals surface area contributed by atoms with Crippen molar-refractivity contribution in [3.8, 4) is 22.6 Å². The normalized spacial score (nSPS) is 15.0. The molecule has 0 saturated carbocycles. The van der Waals surface area contributed by atoms with E-state index in [0.29, 0.717) is 42.3 Å². The van der Waals surface area contributed by atoms with Gasteiger partial charge >= 0.3 is 12.1 Å². The highest BCUT2D eigenvalue weighted by molar-refractivity contribution is 8.26. The number of halogens is 4. The number of thiocarbonyl (C=S) groups is 1. The minimum absolute atomic E-state index is 0.0444. The molecular weight excluding hydrogens is 534 g/mol. The van der Waals surface area contributed by atoms with E-state index in [4.69, 9.17) is 26.8 Å². The third-order valence-electron chi connectivity index (χ3n) is 5.54. The van der Waals surface area contributed by atoms with Crippen LogP contribution in [0.1, 0.15) is 36.8 Å². The second-order valence-corrected chi connectivity index (χ2v) is 9.71. The summed E-state index contributed by atoms with van der Waals surface area (Å²) in [5.41, 5.74) is -0.916. The molecule has 6 nitrogen and oxygen atoms in total. The van der Waals surface area contributed by atoms with Gasteiger partial charge in [-0.1, -0.05) is 30.4 Å². The van der Waals surface area contributed by atoms with E-state index in [-0.39, 0.29) is 45.4 Å². The number of hydrogen-bond acceptors (Lipinski definition) is 6. The molecule has 1 heterocycles. The number of hydrogen-bond donors (Lipinski definition) is 1. The maximum Gasteiger partial charge on any atom is 0.416 e. The molecule has 0 radical (unpaired) electrons.